The SMILES string of the molecule is CCOC(=O)c1cc2cc(C3=C(Cc4ccccc4)CCCc4cc(OC)ccc43)ccc2[nH]1. The smallest absolute Gasteiger partial charge is 0.354 e. The van der Waals surface area contributed by atoms with E-state index in [-0.39, 0.29) is 5.97 Å². The predicted octanol–water partition coefficient (Wildman–Crippen LogP) is 6.73. The van der Waals surface area contributed by atoms with Gasteiger partial charge in [-0.25, -0.2) is 4.79 Å². The molecule has 0 saturated heterocycles. The number of carbonyl (C=O) groups excluding carboxylic acids is 1. The summed E-state index contributed by atoms with van der Waals surface area (Å²) in [6, 6.07) is 25.4. The number of hydrogen-bond acceptors (Lipinski definition) is 3. The van der Waals surface area contributed by atoms with Crippen LogP contribution in [0.5, 0.6) is 5.75 Å². The maximum Gasteiger partial charge on any atom is 0.354 e. The number of esters is 1. The van der Waals surface area contributed by atoms with E-state index < -0.39 is 0 Å². The Balaban J connectivity index is 1.66. The molecule has 0 unspecified atom stereocenters. The molecule has 4 nitrogen and oxygen atoms in total. The van der Waals surface area contributed by atoms with Crippen molar-refractivity contribution in [2.45, 2.75) is 32.6 Å². The number of aromatic amines is 1. The molecule has 0 radical (unpaired) electrons. The van der Waals surface area contributed by atoms with Crippen LogP contribution in [0.2, 0.25) is 0 Å². The van der Waals surface area contributed by atoms with Gasteiger partial charge >= 0.3 is 5.97 Å². The third kappa shape index (κ3) is 4.36. The highest BCUT2D eigenvalue weighted by molar-refractivity contribution is 5.97. The molecule has 1 aromatic heterocycles. The van der Waals surface area contributed by atoms with Gasteiger partial charge < -0.3 is 14.5 Å². The molecule has 0 bridgehead atoms. The van der Waals surface area contributed by atoms with E-state index in [0.29, 0.717) is 12.3 Å². The van der Waals surface area contributed by atoms with Gasteiger partial charge in [-0.2, -0.15) is 0 Å². The van der Waals surface area contributed by atoms with E-state index in [1.807, 2.05) is 13.0 Å². The van der Waals surface area contributed by atoms with Crippen LogP contribution < -0.4 is 4.74 Å². The Morgan fingerprint density at radius 2 is 1.82 bits per heavy atom. The van der Waals surface area contributed by atoms with Gasteiger partial charge in [-0.3, -0.25) is 0 Å². The third-order valence-corrected chi connectivity index (χ3v) is 6.53. The molecule has 4 heteroatoms. The summed E-state index contributed by atoms with van der Waals surface area (Å²) in [6.45, 7) is 2.17. The normalized spacial score (nSPS) is 13.5. The minimum absolute atomic E-state index is 0.323. The monoisotopic (exact) mass is 451 g/mol. The first-order valence-corrected chi connectivity index (χ1v) is 11.9. The van der Waals surface area contributed by atoms with Gasteiger partial charge in [-0.05, 0) is 90.8 Å². The maximum atomic E-state index is 12.3. The number of nitrogens with one attached hydrogen (secondary N) is 1. The van der Waals surface area contributed by atoms with Crippen LogP contribution in [0.3, 0.4) is 0 Å². The van der Waals surface area contributed by atoms with E-state index in [1.165, 1.54) is 33.4 Å². The largest absolute Gasteiger partial charge is 0.497 e. The zero-order valence-electron chi connectivity index (χ0n) is 19.7. The molecule has 0 aliphatic heterocycles. The Labute approximate surface area is 200 Å². The molecule has 1 aliphatic rings. The zero-order valence-corrected chi connectivity index (χ0v) is 19.7. The number of allylic oxidation sites excluding steroid dienone is 1. The van der Waals surface area contributed by atoms with E-state index in [9.17, 15) is 4.79 Å². The molecule has 1 heterocycles. The molecule has 172 valence electrons. The number of aryl methyl sites for hydroxylation is 1. The molecule has 1 N–H and O–H groups in total. The van der Waals surface area contributed by atoms with Gasteiger partial charge in [-0.1, -0.05) is 48.0 Å². The summed E-state index contributed by atoms with van der Waals surface area (Å²) in [5.41, 5.74) is 9.22. The summed E-state index contributed by atoms with van der Waals surface area (Å²) < 4.78 is 10.7. The first-order valence-electron chi connectivity index (χ1n) is 11.9. The van der Waals surface area contributed by atoms with Crippen molar-refractivity contribution in [3.05, 3.63) is 106 Å². The second kappa shape index (κ2) is 9.60. The van der Waals surface area contributed by atoms with Crippen LogP contribution in [0.25, 0.3) is 16.5 Å². The molecule has 5 rings (SSSR count). The van der Waals surface area contributed by atoms with Crippen LogP contribution >= 0.6 is 0 Å². The predicted molar refractivity (Wildman–Crippen MR) is 136 cm³/mol. The highest BCUT2D eigenvalue weighted by Crippen LogP contribution is 2.38. The van der Waals surface area contributed by atoms with Crippen LogP contribution in [0.1, 0.15) is 52.5 Å². The zero-order chi connectivity index (χ0) is 23.5. The van der Waals surface area contributed by atoms with Crippen molar-refractivity contribution >= 4 is 22.4 Å². The van der Waals surface area contributed by atoms with Crippen LogP contribution in [0.15, 0.2) is 78.4 Å². The van der Waals surface area contributed by atoms with Gasteiger partial charge in [0.25, 0.3) is 0 Å². The standard InChI is InChI=1S/C30H29NO3/c1-3-34-30(32)28-19-24-17-23(12-15-27(24)31-28)29-22(16-20-8-5-4-6-9-20)11-7-10-21-18-25(33-2)13-14-26(21)29/h4-6,8-9,12-15,17-19,31H,3,7,10-11,16H2,1-2H3. The molecule has 34 heavy (non-hydrogen) atoms. The number of ether oxygens (including phenoxy) is 2. The van der Waals surface area contributed by atoms with Gasteiger partial charge in [0.2, 0.25) is 0 Å². The minimum Gasteiger partial charge on any atom is -0.497 e. The first-order chi connectivity index (χ1) is 16.7. The maximum absolute atomic E-state index is 12.3. The highest BCUT2D eigenvalue weighted by Gasteiger charge is 2.21. The Hall–Kier alpha value is -3.79. The first kappa shape index (κ1) is 22.0. The van der Waals surface area contributed by atoms with Gasteiger partial charge in [-0.15, -0.1) is 0 Å². The average molecular weight is 452 g/mol. The number of carbonyl (C=O) groups is 1. The van der Waals surface area contributed by atoms with Crippen LogP contribution in [0, 0.1) is 0 Å². The van der Waals surface area contributed by atoms with Crippen molar-refractivity contribution in [2.24, 2.45) is 0 Å². The summed E-state index contributed by atoms with van der Waals surface area (Å²) in [5.74, 6) is 0.570. The number of rotatable bonds is 6. The van der Waals surface area contributed by atoms with Gasteiger partial charge in [0.15, 0.2) is 0 Å². The lowest BCUT2D eigenvalue weighted by atomic mass is 9.88. The van der Waals surface area contributed by atoms with Crippen LogP contribution in [0.4, 0.5) is 0 Å². The fourth-order valence-electron chi connectivity index (χ4n) is 4.94. The van der Waals surface area contributed by atoms with E-state index in [0.717, 1.165) is 42.3 Å². The Kier molecular flexibility index (Phi) is 6.22. The summed E-state index contributed by atoms with van der Waals surface area (Å²) in [4.78, 5) is 15.5. The summed E-state index contributed by atoms with van der Waals surface area (Å²) in [6.07, 6.45) is 4.08. The molecule has 0 spiro atoms. The lowest BCUT2D eigenvalue weighted by molar-refractivity contribution is 0.0520. The third-order valence-electron chi connectivity index (χ3n) is 6.53. The lowest BCUT2D eigenvalue weighted by Crippen LogP contribution is -2.04. The molecule has 0 saturated carbocycles. The molecule has 1 aliphatic carbocycles. The van der Waals surface area contributed by atoms with Crippen molar-refractivity contribution in [1.82, 2.24) is 4.98 Å². The van der Waals surface area contributed by atoms with Gasteiger partial charge in [0, 0.05) is 10.9 Å². The number of fused-ring (bicyclic) bond motifs is 2. The molecule has 4 aromatic rings. The second-order valence-electron chi connectivity index (χ2n) is 8.72. The summed E-state index contributed by atoms with van der Waals surface area (Å²) in [7, 11) is 1.72. The van der Waals surface area contributed by atoms with Crippen molar-refractivity contribution in [1.29, 1.82) is 0 Å². The molecule has 0 fully saturated rings. The van der Waals surface area contributed by atoms with Crippen molar-refractivity contribution in [3.8, 4) is 5.75 Å². The molecule has 0 atom stereocenters. The van der Waals surface area contributed by atoms with Crippen molar-refractivity contribution in [3.63, 3.8) is 0 Å². The number of hydrogen-bond donors (Lipinski definition) is 1. The number of benzene rings is 3. The van der Waals surface area contributed by atoms with Crippen molar-refractivity contribution in [2.75, 3.05) is 13.7 Å². The minimum atomic E-state index is -0.323. The molecule has 0 amide bonds. The van der Waals surface area contributed by atoms with E-state index in [4.69, 9.17) is 9.47 Å². The number of methoxy groups -OCH3 is 1. The Morgan fingerprint density at radius 3 is 2.62 bits per heavy atom. The van der Waals surface area contributed by atoms with Crippen molar-refractivity contribution < 1.29 is 14.3 Å². The fraction of sp³-hybridized carbons (Fsp3) is 0.233. The lowest BCUT2D eigenvalue weighted by Gasteiger charge is -2.17. The molecular weight excluding hydrogens is 422 g/mol. The Morgan fingerprint density at radius 1 is 0.971 bits per heavy atom. The quantitative estimate of drug-likeness (QED) is 0.331. The number of aromatic nitrogens is 1. The van der Waals surface area contributed by atoms with Gasteiger partial charge in [0.05, 0.1) is 13.7 Å². The average Bonchev–Trinajstić information content (AvgIpc) is 3.21. The van der Waals surface area contributed by atoms with E-state index in [1.54, 1.807) is 7.11 Å². The van der Waals surface area contributed by atoms with Crippen LogP contribution in [-0.2, 0) is 17.6 Å². The second-order valence-corrected chi connectivity index (χ2v) is 8.72. The topological polar surface area (TPSA) is 51.3 Å². The summed E-state index contributed by atoms with van der Waals surface area (Å²) in [5, 5.41) is 1.01. The summed E-state index contributed by atoms with van der Waals surface area (Å²) >= 11 is 0. The molecule has 3 aromatic carbocycles. The van der Waals surface area contributed by atoms with E-state index in [2.05, 4.69) is 71.7 Å². The molecular formula is C30H29NO3. The van der Waals surface area contributed by atoms with Crippen LogP contribution in [-0.4, -0.2) is 24.7 Å². The van der Waals surface area contributed by atoms with E-state index >= 15 is 0 Å². The fourth-order valence-corrected chi connectivity index (χ4v) is 4.94. The Bertz CT molecular complexity index is 1360. The number of H-pyrrole nitrogens is 1. The highest BCUT2D eigenvalue weighted by atomic mass is 16.5. The van der Waals surface area contributed by atoms with Gasteiger partial charge in [0.1, 0.15) is 11.4 Å².